The Bertz CT molecular complexity index is 118. The van der Waals surface area contributed by atoms with Crippen LogP contribution in [0.1, 0.15) is 20.3 Å². The van der Waals surface area contributed by atoms with Gasteiger partial charge in [-0.25, -0.2) is 0 Å². The summed E-state index contributed by atoms with van der Waals surface area (Å²) in [6.45, 7) is 5.35. The highest BCUT2D eigenvalue weighted by atomic mass is 16.5. The Morgan fingerprint density at radius 3 is 2.42 bits per heavy atom. The summed E-state index contributed by atoms with van der Waals surface area (Å²) >= 11 is 0. The summed E-state index contributed by atoms with van der Waals surface area (Å²) in [5.74, 6) is 0.325. The van der Waals surface area contributed by atoms with Crippen molar-refractivity contribution in [1.29, 1.82) is 0 Å². The van der Waals surface area contributed by atoms with Gasteiger partial charge in [0.2, 0.25) is 0 Å². The number of rotatable bonds is 5. The molecule has 0 unspecified atom stereocenters. The Balaban J connectivity index is 3.34. The van der Waals surface area contributed by atoms with Gasteiger partial charge in [-0.1, -0.05) is 13.8 Å². The molecule has 12 heavy (non-hydrogen) atoms. The quantitative estimate of drug-likeness (QED) is 0.584. The van der Waals surface area contributed by atoms with Gasteiger partial charge in [-0.2, -0.15) is 0 Å². The minimum atomic E-state index is -0.0996. The first-order chi connectivity index (χ1) is 5.52. The zero-order valence-corrected chi connectivity index (χ0v) is 8.46. The van der Waals surface area contributed by atoms with Crippen LogP contribution in [0.15, 0.2) is 0 Å². The third-order valence-corrected chi connectivity index (χ3v) is 1.34. The maximum absolute atomic E-state index is 11.0. The van der Waals surface area contributed by atoms with Crippen molar-refractivity contribution < 1.29 is 9.53 Å². The average molecular weight is 173 g/mol. The van der Waals surface area contributed by atoms with E-state index in [1.807, 2.05) is 32.8 Å². The van der Waals surface area contributed by atoms with E-state index in [4.69, 9.17) is 4.74 Å². The number of nitrogens with zero attached hydrogens (tertiary/aromatic N) is 1. The van der Waals surface area contributed by atoms with Crippen LogP contribution in [0.5, 0.6) is 0 Å². The first-order valence-corrected chi connectivity index (χ1v) is 4.32. The first-order valence-electron chi connectivity index (χ1n) is 4.32. The van der Waals surface area contributed by atoms with Gasteiger partial charge in [0.1, 0.15) is 0 Å². The zero-order chi connectivity index (χ0) is 9.56. The van der Waals surface area contributed by atoms with Crippen molar-refractivity contribution in [2.24, 2.45) is 5.92 Å². The first kappa shape index (κ1) is 11.4. The van der Waals surface area contributed by atoms with Crippen LogP contribution in [0.25, 0.3) is 0 Å². The van der Waals surface area contributed by atoms with Gasteiger partial charge >= 0.3 is 5.97 Å². The van der Waals surface area contributed by atoms with Gasteiger partial charge < -0.3 is 9.64 Å². The number of hydrogen-bond donors (Lipinski definition) is 0. The summed E-state index contributed by atoms with van der Waals surface area (Å²) in [7, 11) is 3.88. The van der Waals surface area contributed by atoms with Crippen molar-refractivity contribution in [1.82, 2.24) is 4.90 Å². The van der Waals surface area contributed by atoms with Crippen molar-refractivity contribution in [3.8, 4) is 0 Å². The van der Waals surface area contributed by atoms with Crippen LogP contribution in [0.2, 0.25) is 0 Å². The Morgan fingerprint density at radius 2 is 2.00 bits per heavy atom. The van der Waals surface area contributed by atoms with Gasteiger partial charge in [0.05, 0.1) is 13.0 Å². The minimum absolute atomic E-state index is 0.0996. The van der Waals surface area contributed by atoms with E-state index in [0.29, 0.717) is 18.9 Å². The molecule has 0 heterocycles. The molecule has 3 heteroatoms. The fourth-order valence-electron chi connectivity index (χ4n) is 0.647. The fraction of sp³-hybridized carbons (Fsp3) is 0.889. The molecule has 0 fully saturated rings. The topological polar surface area (TPSA) is 29.5 Å². The molecule has 0 amide bonds. The summed E-state index contributed by atoms with van der Waals surface area (Å²) in [5, 5.41) is 0. The molecule has 0 aromatic carbocycles. The molecule has 0 aliphatic heterocycles. The van der Waals surface area contributed by atoms with Crippen LogP contribution < -0.4 is 0 Å². The molecule has 0 aliphatic carbocycles. The van der Waals surface area contributed by atoms with Gasteiger partial charge in [-0.3, -0.25) is 4.79 Å². The van der Waals surface area contributed by atoms with Gasteiger partial charge in [0, 0.05) is 6.54 Å². The molecule has 72 valence electrons. The lowest BCUT2D eigenvalue weighted by atomic mass is 10.2. The van der Waals surface area contributed by atoms with Gasteiger partial charge in [-0.15, -0.1) is 0 Å². The van der Waals surface area contributed by atoms with Crippen LogP contribution >= 0.6 is 0 Å². The molecule has 0 radical (unpaired) electrons. The second kappa shape index (κ2) is 6.00. The molecule has 0 aromatic heterocycles. The smallest absolute Gasteiger partial charge is 0.307 e. The standard InChI is InChI=1S/C9H19NO2/c1-8(2)7-12-9(11)5-6-10(3)4/h8H,5-7H2,1-4H3. The molecule has 0 atom stereocenters. The molecule has 3 nitrogen and oxygen atoms in total. The number of hydrogen-bond acceptors (Lipinski definition) is 3. The number of ether oxygens (including phenoxy) is 1. The van der Waals surface area contributed by atoms with Crippen LogP contribution in [0, 0.1) is 5.92 Å². The fourth-order valence-corrected chi connectivity index (χ4v) is 0.647. The lowest BCUT2D eigenvalue weighted by Crippen LogP contribution is -2.19. The second-order valence-electron chi connectivity index (χ2n) is 3.63. The van der Waals surface area contributed by atoms with E-state index in [1.54, 1.807) is 0 Å². The normalized spacial score (nSPS) is 10.8. The number of esters is 1. The molecule has 0 spiro atoms. The molecule has 0 rings (SSSR count). The molecule has 0 saturated carbocycles. The third-order valence-electron chi connectivity index (χ3n) is 1.34. The molecule has 0 aliphatic rings. The Kier molecular flexibility index (Phi) is 5.72. The Labute approximate surface area is 74.7 Å². The van der Waals surface area contributed by atoms with Crippen LogP contribution in [0.4, 0.5) is 0 Å². The summed E-state index contributed by atoms with van der Waals surface area (Å²) in [6, 6.07) is 0. The number of carbonyl (C=O) groups excluding carboxylic acids is 1. The van der Waals surface area contributed by atoms with E-state index in [0.717, 1.165) is 6.54 Å². The number of carbonyl (C=O) groups is 1. The lowest BCUT2D eigenvalue weighted by molar-refractivity contribution is -0.144. The highest BCUT2D eigenvalue weighted by Crippen LogP contribution is 1.95. The minimum Gasteiger partial charge on any atom is -0.465 e. The summed E-state index contributed by atoms with van der Waals surface area (Å²) in [5.41, 5.74) is 0. The second-order valence-corrected chi connectivity index (χ2v) is 3.63. The highest BCUT2D eigenvalue weighted by molar-refractivity contribution is 5.69. The molecular formula is C9H19NO2. The van der Waals surface area contributed by atoms with E-state index in [1.165, 1.54) is 0 Å². The van der Waals surface area contributed by atoms with E-state index in [-0.39, 0.29) is 5.97 Å². The summed E-state index contributed by atoms with van der Waals surface area (Å²) < 4.78 is 4.99. The average Bonchev–Trinajstić information content (AvgIpc) is 1.96. The van der Waals surface area contributed by atoms with Gasteiger partial charge in [0.25, 0.3) is 0 Å². The van der Waals surface area contributed by atoms with E-state index in [9.17, 15) is 4.79 Å². The maximum Gasteiger partial charge on any atom is 0.307 e. The van der Waals surface area contributed by atoms with Gasteiger partial charge in [-0.05, 0) is 20.0 Å². The lowest BCUT2D eigenvalue weighted by Gasteiger charge is -2.10. The van der Waals surface area contributed by atoms with Gasteiger partial charge in [0.15, 0.2) is 0 Å². The molecular weight excluding hydrogens is 154 g/mol. The predicted octanol–water partition coefficient (Wildman–Crippen LogP) is 1.14. The van der Waals surface area contributed by atoms with E-state index >= 15 is 0 Å². The summed E-state index contributed by atoms with van der Waals surface area (Å²) in [4.78, 5) is 13.0. The van der Waals surface area contributed by atoms with Crippen LogP contribution in [-0.4, -0.2) is 38.1 Å². The largest absolute Gasteiger partial charge is 0.465 e. The van der Waals surface area contributed by atoms with Crippen LogP contribution in [0.3, 0.4) is 0 Å². The van der Waals surface area contributed by atoms with Crippen molar-refractivity contribution in [3.63, 3.8) is 0 Å². The zero-order valence-electron chi connectivity index (χ0n) is 8.46. The van der Waals surface area contributed by atoms with E-state index in [2.05, 4.69) is 0 Å². The molecule has 0 saturated heterocycles. The van der Waals surface area contributed by atoms with Crippen molar-refractivity contribution in [2.45, 2.75) is 20.3 Å². The SMILES string of the molecule is CC(C)COC(=O)CCN(C)C. The maximum atomic E-state index is 11.0. The highest BCUT2D eigenvalue weighted by Gasteiger charge is 2.04. The Hall–Kier alpha value is -0.570. The van der Waals surface area contributed by atoms with Crippen LogP contribution in [-0.2, 0) is 9.53 Å². The predicted molar refractivity (Wildman–Crippen MR) is 49.0 cm³/mol. The molecule has 0 N–H and O–H groups in total. The molecule has 0 aromatic rings. The Morgan fingerprint density at radius 1 is 1.42 bits per heavy atom. The third kappa shape index (κ3) is 7.54. The van der Waals surface area contributed by atoms with E-state index < -0.39 is 0 Å². The summed E-state index contributed by atoms with van der Waals surface area (Å²) in [6.07, 6.45) is 0.486. The van der Waals surface area contributed by atoms with Crippen molar-refractivity contribution in [3.05, 3.63) is 0 Å². The monoisotopic (exact) mass is 173 g/mol. The van der Waals surface area contributed by atoms with Crippen molar-refractivity contribution in [2.75, 3.05) is 27.2 Å². The molecule has 0 bridgehead atoms. The van der Waals surface area contributed by atoms with Crippen molar-refractivity contribution >= 4 is 5.97 Å².